The molecule has 0 aromatic heterocycles. The van der Waals surface area contributed by atoms with Gasteiger partial charge in [-0.05, 0) is 50.6 Å². The molecule has 1 aromatic rings. The fourth-order valence-corrected chi connectivity index (χ4v) is 2.79. The number of anilines is 1. The zero-order valence-corrected chi connectivity index (χ0v) is 12.3. The molecule has 1 aromatic carbocycles. The van der Waals surface area contributed by atoms with E-state index in [9.17, 15) is 4.79 Å². The third-order valence-electron chi connectivity index (χ3n) is 4.07. The number of rotatable bonds is 3. The Labute approximate surface area is 124 Å². The van der Waals surface area contributed by atoms with Crippen molar-refractivity contribution in [3.05, 3.63) is 28.8 Å². The molecule has 0 atom stereocenters. The van der Waals surface area contributed by atoms with Crippen LogP contribution in [0.1, 0.15) is 31.7 Å². The van der Waals surface area contributed by atoms with Crippen LogP contribution >= 0.6 is 11.6 Å². The first kappa shape index (κ1) is 14.8. The Morgan fingerprint density at radius 1 is 1.50 bits per heavy atom. The normalized spacial score (nSPS) is 17.2. The van der Waals surface area contributed by atoms with E-state index in [1.165, 1.54) is 0 Å². The van der Waals surface area contributed by atoms with E-state index < -0.39 is 0 Å². The number of carbonyl (C=O) groups is 1. The summed E-state index contributed by atoms with van der Waals surface area (Å²) in [6, 6.07) is 6.98. The van der Waals surface area contributed by atoms with Gasteiger partial charge >= 0.3 is 0 Å². The molecular formula is C15H18ClN3O. The summed E-state index contributed by atoms with van der Waals surface area (Å²) in [4.78, 5) is 12.6. The molecule has 2 N–H and O–H groups in total. The summed E-state index contributed by atoms with van der Waals surface area (Å²) < 4.78 is 0. The van der Waals surface area contributed by atoms with E-state index in [0.29, 0.717) is 16.3 Å². The molecule has 0 aliphatic carbocycles. The van der Waals surface area contributed by atoms with Crippen molar-refractivity contribution in [2.24, 2.45) is 5.41 Å². The lowest BCUT2D eigenvalue weighted by Crippen LogP contribution is -2.44. The Hall–Kier alpha value is -1.57. The second kappa shape index (κ2) is 6.25. The number of hydrogen-bond donors (Lipinski definition) is 2. The van der Waals surface area contributed by atoms with Gasteiger partial charge in [0, 0.05) is 5.02 Å². The molecule has 0 unspecified atom stereocenters. The molecule has 4 nitrogen and oxygen atoms in total. The highest BCUT2D eigenvalue weighted by Gasteiger charge is 2.37. The van der Waals surface area contributed by atoms with Gasteiger partial charge in [-0.25, -0.2) is 0 Å². The van der Waals surface area contributed by atoms with Gasteiger partial charge in [0.15, 0.2) is 0 Å². The van der Waals surface area contributed by atoms with Gasteiger partial charge in [-0.2, -0.15) is 5.26 Å². The van der Waals surface area contributed by atoms with Crippen molar-refractivity contribution in [1.82, 2.24) is 5.32 Å². The van der Waals surface area contributed by atoms with Crippen LogP contribution in [0.2, 0.25) is 5.02 Å². The number of piperidine rings is 1. The van der Waals surface area contributed by atoms with Crippen molar-refractivity contribution >= 4 is 23.2 Å². The topological polar surface area (TPSA) is 64.9 Å². The first-order chi connectivity index (χ1) is 9.61. The SMILES string of the molecule is CCC1(C(=O)Nc2cc(Cl)ccc2C#N)CCNCC1. The second-order valence-corrected chi connectivity index (χ2v) is 5.58. The molecule has 2 rings (SSSR count). The molecular weight excluding hydrogens is 274 g/mol. The molecule has 0 spiro atoms. The highest BCUT2D eigenvalue weighted by Crippen LogP contribution is 2.34. The average molecular weight is 292 g/mol. The minimum Gasteiger partial charge on any atom is -0.324 e. The standard InChI is InChI=1S/C15H18ClN3O/c1-2-15(5-7-18-8-6-15)14(20)19-13-9-12(16)4-3-11(13)10-17/h3-4,9,18H,2,5-8H2,1H3,(H,19,20). The maximum absolute atomic E-state index is 12.6. The molecule has 1 aliphatic heterocycles. The van der Waals surface area contributed by atoms with Crippen LogP contribution in [0.25, 0.3) is 0 Å². The maximum Gasteiger partial charge on any atom is 0.230 e. The molecule has 5 heteroatoms. The zero-order valence-electron chi connectivity index (χ0n) is 11.5. The van der Waals surface area contributed by atoms with Crippen molar-refractivity contribution in [2.75, 3.05) is 18.4 Å². The van der Waals surface area contributed by atoms with Crippen molar-refractivity contribution < 1.29 is 4.79 Å². The van der Waals surface area contributed by atoms with Crippen molar-refractivity contribution in [1.29, 1.82) is 5.26 Å². The maximum atomic E-state index is 12.6. The van der Waals surface area contributed by atoms with Crippen LogP contribution in [0, 0.1) is 16.7 Å². The molecule has 1 heterocycles. The summed E-state index contributed by atoms with van der Waals surface area (Å²) in [5, 5.41) is 15.8. The van der Waals surface area contributed by atoms with E-state index in [1.807, 2.05) is 6.92 Å². The highest BCUT2D eigenvalue weighted by molar-refractivity contribution is 6.31. The number of nitrogens with one attached hydrogen (secondary N) is 2. The molecule has 1 amide bonds. The van der Waals surface area contributed by atoms with Crippen molar-refractivity contribution in [2.45, 2.75) is 26.2 Å². The third-order valence-corrected chi connectivity index (χ3v) is 4.30. The highest BCUT2D eigenvalue weighted by atomic mass is 35.5. The molecule has 1 saturated heterocycles. The second-order valence-electron chi connectivity index (χ2n) is 5.14. The van der Waals surface area contributed by atoms with Gasteiger partial charge in [0.1, 0.15) is 6.07 Å². The number of hydrogen-bond acceptors (Lipinski definition) is 3. The van der Waals surface area contributed by atoms with E-state index in [1.54, 1.807) is 18.2 Å². The van der Waals surface area contributed by atoms with Gasteiger partial charge in [0.2, 0.25) is 5.91 Å². The number of amides is 1. The number of halogens is 1. The third kappa shape index (κ3) is 2.95. The van der Waals surface area contributed by atoms with Crippen molar-refractivity contribution in [3.63, 3.8) is 0 Å². The summed E-state index contributed by atoms with van der Waals surface area (Å²) in [5.41, 5.74) is 0.583. The van der Waals surface area contributed by atoms with Crippen LogP contribution in [0.15, 0.2) is 18.2 Å². The minimum absolute atomic E-state index is 0.0136. The van der Waals surface area contributed by atoms with Crippen LogP contribution in [-0.4, -0.2) is 19.0 Å². The van der Waals surface area contributed by atoms with E-state index in [4.69, 9.17) is 16.9 Å². The Kier molecular flexibility index (Phi) is 4.64. The number of nitrogens with zero attached hydrogens (tertiary/aromatic N) is 1. The van der Waals surface area contributed by atoms with E-state index >= 15 is 0 Å². The number of nitriles is 1. The minimum atomic E-state index is -0.347. The summed E-state index contributed by atoms with van der Waals surface area (Å²) >= 11 is 5.94. The number of benzene rings is 1. The van der Waals surface area contributed by atoms with Gasteiger partial charge in [0.05, 0.1) is 16.7 Å². The predicted molar refractivity (Wildman–Crippen MR) is 79.6 cm³/mol. The first-order valence-electron chi connectivity index (χ1n) is 6.83. The largest absolute Gasteiger partial charge is 0.324 e. The van der Waals surface area contributed by atoms with Gasteiger partial charge in [-0.3, -0.25) is 4.79 Å². The predicted octanol–water partition coefficient (Wildman–Crippen LogP) is 2.93. The van der Waals surface area contributed by atoms with Gasteiger partial charge in [0.25, 0.3) is 0 Å². The smallest absolute Gasteiger partial charge is 0.230 e. The molecule has 20 heavy (non-hydrogen) atoms. The number of carbonyl (C=O) groups excluding carboxylic acids is 1. The van der Waals surface area contributed by atoms with E-state index in [0.717, 1.165) is 32.4 Å². The lowest BCUT2D eigenvalue weighted by atomic mass is 9.76. The van der Waals surface area contributed by atoms with Crippen LogP contribution in [-0.2, 0) is 4.79 Å². The molecule has 0 radical (unpaired) electrons. The lowest BCUT2D eigenvalue weighted by molar-refractivity contribution is -0.127. The Morgan fingerprint density at radius 3 is 2.80 bits per heavy atom. The van der Waals surface area contributed by atoms with Crippen molar-refractivity contribution in [3.8, 4) is 6.07 Å². The summed E-state index contributed by atoms with van der Waals surface area (Å²) in [7, 11) is 0. The monoisotopic (exact) mass is 291 g/mol. The van der Waals surface area contributed by atoms with E-state index in [-0.39, 0.29) is 11.3 Å². The van der Waals surface area contributed by atoms with Gasteiger partial charge in [-0.1, -0.05) is 18.5 Å². The van der Waals surface area contributed by atoms with E-state index in [2.05, 4.69) is 16.7 Å². The van der Waals surface area contributed by atoms with Crippen LogP contribution in [0.3, 0.4) is 0 Å². The van der Waals surface area contributed by atoms with Crippen LogP contribution in [0.5, 0.6) is 0 Å². The summed E-state index contributed by atoms with van der Waals surface area (Å²) in [5.74, 6) is -0.0136. The zero-order chi connectivity index (χ0) is 14.6. The van der Waals surface area contributed by atoms with Gasteiger partial charge in [-0.15, -0.1) is 0 Å². The summed E-state index contributed by atoms with van der Waals surface area (Å²) in [6.45, 7) is 3.73. The quantitative estimate of drug-likeness (QED) is 0.900. The molecule has 106 valence electrons. The first-order valence-corrected chi connectivity index (χ1v) is 7.21. The summed E-state index contributed by atoms with van der Waals surface area (Å²) in [6.07, 6.45) is 2.43. The Balaban J connectivity index is 2.23. The molecule has 1 fully saturated rings. The average Bonchev–Trinajstić information content (AvgIpc) is 2.48. The van der Waals surface area contributed by atoms with Crippen LogP contribution < -0.4 is 10.6 Å². The van der Waals surface area contributed by atoms with Gasteiger partial charge < -0.3 is 10.6 Å². The Bertz CT molecular complexity index is 545. The molecule has 0 saturated carbocycles. The molecule has 1 aliphatic rings. The lowest BCUT2D eigenvalue weighted by Gasteiger charge is -2.35. The fraction of sp³-hybridized carbons (Fsp3) is 0.467. The fourth-order valence-electron chi connectivity index (χ4n) is 2.62. The molecule has 0 bridgehead atoms. The van der Waals surface area contributed by atoms with Crippen LogP contribution in [0.4, 0.5) is 5.69 Å². The Morgan fingerprint density at radius 2 is 2.20 bits per heavy atom.